The fourth-order valence-corrected chi connectivity index (χ4v) is 2.42. The van der Waals surface area contributed by atoms with Gasteiger partial charge in [0, 0.05) is 43.3 Å². The zero-order chi connectivity index (χ0) is 13.7. The first kappa shape index (κ1) is 14.1. The average molecular weight is 259 g/mol. The number of para-hydroxylation sites is 1. The molecule has 0 aliphatic rings. The molecule has 0 fully saturated rings. The summed E-state index contributed by atoms with van der Waals surface area (Å²) < 4.78 is 2.37. The molecule has 0 unspecified atom stereocenters. The lowest BCUT2D eigenvalue weighted by molar-refractivity contribution is 0.400. The Morgan fingerprint density at radius 3 is 2.74 bits per heavy atom. The van der Waals surface area contributed by atoms with Crippen LogP contribution in [0.15, 0.2) is 30.5 Å². The van der Waals surface area contributed by atoms with Crippen molar-refractivity contribution in [3.05, 3.63) is 36.0 Å². The summed E-state index contributed by atoms with van der Waals surface area (Å²) in [7, 11) is 4.21. The van der Waals surface area contributed by atoms with Gasteiger partial charge >= 0.3 is 0 Å². The molecule has 1 aromatic carbocycles. The van der Waals surface area contributed by atoms with E-state index >= 15 is 0 Å². The number of hydrogen-bond donors (Lipinski definition) is 1. The molecule has 0 atom stereocenters. The maximum atomic E-state index is 3.53. The molecule has 0 saturated carbocycles. The highest BCUT2D eigenvalue weighted by atomic mass is 15.1. The van der Waals surface area contributed by atoms with Crippen molar-refractivity contribution < 1.29 is 0 Å². The Labute approximate surface area is 116 Å². The van der Waals surface area contributed by atoms with E-state index in [0.717, 1.165) is 26.2 Å². The first-order valence-electron chi connectivity index (χ1n) is 7.14. The smallest absolute Gasteiger partial charge is 0.0483 e. The lowest BCUT2D eigenvalue weighted by Gasteiger charge is -2.09. The summed E-state index contributed by atoms with van der Waals surface area (Å²) in [5.41, 5.74) is 2.76. The van der Waals surface area contributed by atoms with E-state index in [2.05, 4.69) is 66.3 Å². The van der Waals surface area contributed by atoms with E-state index in [-0.39, 0.29) is 0 Å². The Balaban J connectivity index is 2.09. The molecule has 0 spiro atoms. The predicted octanol–water partition coefficient (Wildman–Crippen LogP) is 2.70. The second-order valence-electron chi connectivity index (χ2n) is 5.34. The highest BCUT2D eigenvalue weighted by Gasteiger charge is 2.06. The lowest BCUT2D eigenvalue weighted by atomic mass is 10.2. The third-order valence-corrected chi connectivity index (χ3v) is 3.39. The van der Waals surface area contributed by atoms with Crippen molar-refractivity contribution in [2.45, 2.75) is 26.4 Å². The molecule has 19 heavy (non-hydrogen) atoms. The summed E-state index contributed by atoms with van der Waals surface area (Å²) in [6.45, 7) is 6.38. The van der Waals surface area contributed by atoms with E-state index < -0.39 is 0 Å². The first-order valence-corrected chi connectivity index (χ1v) is 7.14. The van der Waals surface area contributed by atoms with Crippen LogP contribution in [0, 0.1) is 0 Å². The number of likely N-dealkylation sites (N-methyl/N-ethyl adjacent to an activating group) is 1. The summed E-state index contributed by atoms with van der Waals surface area (Å²) in [4.78, 5) is 2.20. The van der Waals surface area contributed by atoms with Gasteiger partial charge in [-0.1, -0.05) is 25.1 Å². The molecule has 0 aliphatic heterocycles. The van der Waals surface area contributed by atoms with Crippen molar-refractivity contribution >= 4 is 10.9 Å². The van der Waals surface area contributed by atoms with Gasteiger partial charge in [0.1, 0.15) is 0 Å². The number of fused-ring (bicyclic) bond motifs is 1. The monoisotopic (exact) mass is 259 g/mol. The number of hydrogen-bond acceptors (Lipinski definition) is 2. The van der Waals surface area contributed by atoms with E-state index in [1.54, 1.807) is 0 Å². The van der Waals surface area contributed by atoms with Crippen LogP contribution in [0.1, 0.15) is 18.9 Å². The molecular weight excluding hydrogens is 234 g/mol. The standard InChI is InChI=1S/C16H25N3/c1-4-10-19-13-14(12-17-9-11-18(2)3)15-7-5-6-8-16(15)19/h5-8,13,17H,4,9-12H2,1-3H3. The van der Waals surface area contributed by atoms with Crippen molar-refractivity contribution in [2.75, 3.05) is 27.2 Å². The Hall–Kier alpha value is -1.32. The zero-order valence-corrected chi connectivity index (χ0v) is 12.3. The molecule has 1 heterocycles. The molecule has 3 nitrogen and oxygen atoms in total. The molecule has 2 rings (SSSR count). The summed E-state index contributed by atoms with van der Waals surface area (Å²) in [6.07, 6.45) is 3.48. The normalized spacial score (nSPS) is 11.6. The molecule has 1 aromatic heterocycles. The first-order chi connectivity index (χ1) is 9.22. The van der Waals surface area contributed by atoms with Gasteiger partial charge in [0.2, 0.25) is 0 Å². The Morgan fingerprint density at radius 1 is 1.21 bits per heavy atom. The molecule has 0 radical (unpaired) electrons. The lowest BCUT2D eigenvalue weighted by Crippen LogP contribution is -2.26. The van der Waals surface area contributed by atoms with E-state index in [4.69, 9.17) is 0 Å². The second-order valence-corrected chi connectivity index (χ2v) is 5.34. The van der Waals surface area contributed by atoms with Crippen molar-refractivity contribution in [3.63, 3.8) is 0 Å². The molecule has 0 aliphatic carbocycles. The maximum absolute atomic E-state index is 3.53. The van der Waals surface area contributed by atoms with Crippen molar-refractivity contribution in [1.29, 1.82) is 0 Å². The summed E-state index contributed by atoms with van der Waals surface area (Å²) in [6, 6.07) is 8.69. The van der Waals surface area contributed by atoms with Gasteiger partial charge in [-0.3, -0.25) is 0 Å². The van der Waals surface area contributed by atoms with Crippen LogP contribution >= 0.6 is 0 Å². The Kier molecular flexibility index (Phi) is 5.00. The molecule has 3 heteroatoms. The number of aryl methyl sites for hydroxylation is 1. The van der Waals surface area contributed by atoms with E-state index in [0.29, 0.717) is 0 Å². The van der Waals surface area contributed by atoms with Gasteiger partial charge < -0.3 is 14.8 Å². The molecular formula is C16H25N3. The molecule has 1 N–H and O–H groups in total. The van der Waals surface area contributed by atoms with Crippen LogP contribution in [0.25, 0.3) is 10.9 Å². The van der Waals surface area contributed by atoms with Gasteiger partial charge in [-0.15, -0.1) is 0 Å². The molecule has 0 bridgehead atoms. The quantitative estimate of drug-likeness (QED) is 0.772. The molecule has 104 valence electrons. The van der Waals surface area contributed by atoms with Crippen LogP contribution in [0.3, 0.4) is 0 Å². The van der Waals surface area contributed by atoms with E-state index in [1.165, 1.54) is 22.9 Å². The van der Waals surface area contributed by atoms with Gasteiger partial charge in [-0.25, -0.2) is 0 Å². The minimum Gasteiger partial charge on any atom is -0.347 e. The Bertz CT molecular complexity index is 514. The van der Waals surface area contributed by atoms with Crippen LogP contribution in [0.2, 0.25) is 0 Å². The number of aromatic nitrogens is 1. The predicted molar refractivity (Wildman–Crippen MR) is 82.5 cm³/mol. The SMILES string of the molecule is CCCn1cc(CNCCN(C)C)c2ccccc21. The fraction of sp³-hybridized carbons (Fsp3) is 0.500. The number of benzene rings is 1. The van der Waals surface area contributed by atoms with Crippen LogP contribution in [-0.4, -0.2) is 36.7 Å². The van der Waals surface area contributed by atoms with Crippen molar-refractivity contribution in [2.24, 2.45) is 0 Å². The zero-order valence-electron chi connectivity index (χ0n) is 12.3. The van der Waals surface area contributed by atoms with Crippen LogP contribution in [0.4, 0.5) is 0 Å². The van der Waals surface area contributed by atoms with Crippen LogP contribution in [0.5, 0.6) is 0 Å². The van der Waals surface area contributed by atoms with Gasteiger partial charge in [0.05, 0.1) is 0 Å². The number of nitrogens with one attached hydrogen (secondary N) is 1. The van der Waals surface area contributed by atoms with Gasteiger partial charge in [0.25, 0.3) is 0 Å². The largest absolute Gasteiger partial charge is 0.347 e. The summed E-state index contributed by atoms with van der Waals surface area (Å²) in [5, 5.41) is 4.91. The number of nitrogens with zero attached hydrogens (tertiary/aromatic N) is 2. The van der Waals surface area contributed by atoms with Gasteiger partial charge in [-0.05, 0) is 32.1 Å². The van der Waals surface area contributed by atoms with Crippen LogP contribution in [-0.2, 0) is 13.1 Å². The van der Waals surface area contributed by atoms with Crippen molar-refractivity contribution in [1.82, 2.24) is 14.8 Å². The highest BCUT2D eigenvalue weighted by molar-refractivity contribution is 5.83. The van der Waals surface area contributed by atoms with E-state index in [1.807, 2.05) is 0 Å². The molecule has 0 saturated heterocycles. The van der Waals surface area contributed by atoms with Crippen LogP contribution < -0.4 is 5.32 Å². The number of rotatable bonds is 7. The fourth-order valence-electron chi connectivity index (χ4n) is 2.42. The van der Waals surface area contributed by atoms with E-state index in [9.17, 15) is 0 Å². The Morgan fingerprint density at radius 2 is 2.00 bits per heavy atom. The average Bonchev–Trinajstić information content (AvgIpc) is 2.74. The molecule has 2 aromatic rings. The van der Waals surface area contributed by atoms with Crippen molar-refractivity contribution in [3.8, 4) is 0 Å². The molecule has 0 amide bonds. The van der Waals surface area contributed by atoms with Gasteiger partial charge in [-0.2, -0.15) is 0 Å². The minimum absolute atomic E-state index is 0.949. The summed E-state index contributed by atoms with van der Waals surface area (Å²) in [5.74, 6) is 0. The third-order valence-electron chi connectivity index (χ3n) is 3.39. The highest BCUT2D eigenvalue weighted by Crippen LogP contribution is 2.21. The summed E-state index contributed by atoms with van der Waals surface area (Å²) >= 11 is 0. The maximum Gasteiger partial charge on any atom is 0.0483 e. The second kappa shape index (κ2) is 6.73. The third kappa shape index (κ3) is 3.58. The van der Waals surface area contributed by atoms with Gasteiger partial charge in [0.15, 0.2) is 0 Å². The topological polar surface area (TPSA) is 20.2 Å². The minimum atomic E-state index is 0.949.